The third-order valence-corrected chi connectivity index (χ3v) is 7.14. The number of hydrogen-bond donors (Lipinski definition) is 1. The van der Waals surface area contributed by atoms with Crippen molar-refractivity contribution in [1.29, 1.82) is 0 Å². The number of nitrogens with zero attached hydrogens (tertiary/aromatic N) is 1. The average molecular weight is 522 g/mol. The maximum Gasteiger partial charge on any atom is 0.416 e. The van der Waals surface area contributed by atoms with Crippen molar-refractivity contribution >= 4 is 12.0 Å². The van der Waals surface area contributed by atoms with Gasteiger partial charge in [-0.15, -0.1) is 0 Å². The molecule has 38 heavy (non-hydrogen) atoms. The van der Waals surface area contributed by atoms with Gasteiger partial charge in [-0.3, -0.25) is 4.79 Å². The van der Waals surface area contributed by atoms with Crippen LogP contribution in [-0.4, -0.2) is 54.0 Å². The van der Waals surface area contributed by atoms with Crippen molar-refractivity contribution < 1.29 is 28.9 Å². The fourth-order valence-electron chi connectivity index (χ4n) is 4.84. The molecule has 204 valence electrons. The zero-order valence-electron chi connectivity index (χ0n) is 22.7. The fourth-order valence-corrected chi connectivity index (χ4v) is 4.84. The monoisotopic (exact) mass is 521 g/mol. The first-order chi connectivity index (χ1) is 18.3. The van der Waals surface area contributed by atoms with Gasteiger partial charge in [0.1, 0.15) is 12.4 Å². The molecular formula is C31H39NO6. The Bertz CT molecular complexity index is 1080. The molecule has 0 bridgehead atoms. The highest BCUT2D eigenvalue weighted by molar-refractivity contribution is 5.95. The summed E-state index contributed by atoms with van der Waals surface area (Å²) in [4.78, 5) is 27.2. The zero-order valence-corrected chi connectivity index (χ0v) is 22.7. The van der Waals surface area contributed by atoms with Crippen molar-refractivity contribution in [3.8, 4) is 5.75 Å². The van der Waals surface area contributed by atoms with Crippen LogP contribution < -0.4 is 4.74 Å². The van der Waals surface area contributed by atoms with Gasteiger partial charge in [0.2, 0.25) is 5.91 Å². The van der Waals surface area contributed by atoms with Gasteiger partial charge >= 0.3 is 6.09 Å². The van der Waals surface area contributed by atoms with Gasteiger partial charge in [0.15, 0.2) is 0 Å². The van der Waals surface area contributed by atoms with Crippen LogP contribution in [0, 0.1) is 17.8 Å². The molecule has 0 radical (unpaired) electrons. The first kappa shape index (κ1) is 29.1. The van der Waals surface area contributed by atoms with Crippen molar-refractivity contribution in [2.75, 3.05) is 13.7 Å². The Kier molecular flexibility index (Phi) is 10.7. The largest absolute Gasteiger partial charge is 0.497 e. The first-order valence-corrected chi connectivity index (χ1v) is 13.0. The van der Waals surface area contributed by atoms with Gasteiger partial charge < -0.3 is 19.3 Å². The van der Waals surface area contributed by atoms with Crippen LogP contribution in [0.3, 0.4) is 0 Å². The van der Waals surface area contributed by atoms with Gasteiger partial charge in [-0.05, 0) is 29.7 Å². The van der Waals surface area contributed by atoms with Crippen LogP contribution in [-0.2, 0) is 27.3 Å². The molecule has 1 heterocycles. The minimum absolute atomic E-state index is 0.0687. The highest BCUT2D eigenvalue weighted by Gasteiger charge is 2.43. The molecule has 6 unspecified atom stereocenters. The number of ether oxygens (including phenoxy) is 3. The molecule has 0 aromatic heterocycles. The van der Waals surface area contributed by atoms with E-state index in [1.807, 2.05) is 80.6 Å². The van der Waals surface area contributed by atoms with Crippen LogP contribution >= 0.6 is 0 Å². The molecule has 2 aromatic rings. The summed E-state index contributed by atoms with van der Waals surface area (Å²) in [5.41, 5.74) is 1.97. The molecule has 2 amide bonds. The SMILES string of the molecule is C=C/C=C\C(C)C(OCc1ccc(OC)cc1)C(C)C(O)C(C)C(=O)N1C(=O)OCC1Cc1ccccc1. The number of carbonyl (C=O) groups is 2. The average Bonchev–Trinajstić information content (AvgIpc) is 3.30. The van der Waals surface area contributed by atoms with Crippen LogP contribution in [0.5, 0.6) is 5.75 Å². The lowest BCUT2D eigenvalue weighted by Gasteiger charge is -2.34. The molecule has 7 nitrogen and oxygen atoms in total. The molecule has 7 heteroatoms. The topological polar surface area (TPSA) is 85.3 Å². The van der Waals surface area contributed by atoms with E-state index in [9.17, 15) is 14.7 Å². The lowest BCUT2D eigenvalue weighted by molar-refractivity contribution is -0.140. The van der Waals surface area contributed by atoms with E-state index >= 15 is 0 Å². The Hall–Kier alpha value is -3.42. The number of aliphatic hydroxyl groups is 1. The summed E-state index contributed by atoms with van der Waals surface area (Å²) >= 11 is 0. The lowest BCUT2D eigenvalue weighted by Crippen LogP contribution is -2.48. The predicted molar refractivity (Wildman–Crippen MR) is 147 cm³/mol. The third kappa shape index (κ3) is 7.33. The van der Waals surface area contributed by atoms with Gasteiger partial charge in [0.25, 0.3) is 0 Å². The number of benzene rings is 2. The summed E-state index contributed by atoms with van der Waals surface area (Å²) in [5.74, 6) is -1.01. The zero-order chi connectivity index (χ0) is 27.7. The molecule has 1 aliphatic heterocycles. The number of carbonyl (C=O) groups excluding carboxylic acids is 2. The number of amides is 2. The van der Waals surface area contributed by atoms with Crippen molar-refractivity contribution in [3.05, 3.63) is 90.5 Å². The highest BCUT2D eigenvalue weighted by Crippen LogP contribution is 2.29. The predicted octanol–water partition coefficient (Wildman–Crippen LogP) is 5.18. The molecule has 0 saturated carbocycles. The van der Waals surface area contributed by atoms with Crippen molar-refractivity contribution in [2.45, 2.75) is 52.0 Å². The number of hydrogen-bond acceptors (Lipinski definition) is 6. The second-order valence-electron chi connectivity index (χ2n) is 9.87. The Labute approximate surface area is 225 Å². The number of rotatable bonds is 13. The van der Waals surface area contributed by atoms with E-state index in [1.165, 1.54) is 4.90 Å². The lowest BCUT2D eigenvalue weighted by atomic mass is 9.83. The summed E-state index contributed by atoms with van der Waals surface area (Å²) in [7, 11) is 1.62. The summed E-state index contributed by atoms with van der Waals surface area (Å²) in [5, 5.41) is 11.3. The normalized spacial score (nSPS) is 19.4. The maximum atomic E-state index is 13.5. The van der Waals surface area contributed by atoms with Crippen molar-refractivity contribution in [2.24, 2.45) is 17.8 Å². The minimum Gasteiger partial charge on any atom is -0.497 e. The van der Waals surface area contributed by atoms with Crippen LogP contribution in [0.15, 0.2) is 79.4 Å². The maximum absolute atomic E-state index is 13.5. The molecule has 0 aliphatic carbocycles. The molecule has 3 rings (SSSR count). The molecule has 0 spiro atoms. The Morgan fingerprint density at radius 3 is 2.45 bits per heavy atom. The molecule has 6 atom stereocenters. The van der Waals surface area contributed by atoms with Crippen LogP contribution in [0.1, 0.15) is 31.9 Å². The van der Waals surface area contributed by atoms with E-state index in [2.05, 4.69) is 6.58 Å². The fraction of sp³-hybridized carbons (Fsp3) is 0.419. The quantitative estimate of drug-likeness (QED) is 0.366. The van der Waals surface area contributed by atoms with Crippen molar-refractivity contribution in [3.63, 3.8) is 0 Å². The summed E-state index contributed by atoms with van der Waals surface area (Å²) in [6, 6.07) is 16.8. The van der Waals surface area contributed by atoms with Crippen LogP contribution in [0.2, 0.25) is 0 Å². The molecule has 1 aliphatic rings. The number of methoxy groups -OCH3 is 1. The van der Waals surface area contributed by atoms with E-state index in [-0.39, 0.29) is 12.5 Å². The first-order valence-electron chi connectivity index (χ1n) is 13.0. The van der Waals surface area contributed by atoms with E-state index in [0.29, 0.717) is 13.0 Å². The van der Waals surface area contributed by atoms with E-state index in [4.69, 9.17) is 14.2 Å². The van der Waals surface area contributed by atoms with Crippen LogP contribution in [0.4, 0.5) is 4.79 Å². The Morgan fingerprint density at radius 1 is 1.13 bits per heavy atom. The number of cyclic esters (lactones) is 1. The standard InChI is InChI=1S/C31H39NO6/c1-6-7-11-21(2)29(37-19-25-14-16-27(36-5)17-15-25)22(3)28(33)23(4)30(34)32-26(20-38-31(32)35)18-24-12-9-8-10-13-24/h6-17,21-23,26,28-29,33H,1,18-20H2,2-5H3/b11-7-. The molecule has 1 fully saturated rings. The Morgan fingerprint density at radius 2 is 1.82 bits per heavy atom. The van der Waals surface area contributed by atoms with Gasteiger partial charge in [-0.2, -0.15) is 0 Å². The summed E-state index contributed by atoms with van der Waals surface area (Å²) in [6.07, 6.45) is 3.88. The van der Waals surface area contributed by atoms with Gasteiger partial charge in [-0.25, -0.2) is 9.69 Å². The smallest absolute Gasteiger partial charge is 0.416 e. The van der Waals surface area contributed by atoms with Gasteiger partial charge in [-0.1, -0.05) is 88.0 Å². The van der Waals surface area contributed by atoms with Crippen LogP contribution in [0.25, 0.3) is 0 Å². The third-order valence-electron chi connectivity index (χ3n) is 7.14. The number of aliphatic hydroxyl groups excluding tert-OH is 1. The Balaban J connectivity index is 1.73. The molecule has 1 N–H and O–H groups in total. The minimum atomic E-state index is -1.05. The molecule has 1 saturated heterocycles. The summed E-state index contributed by atoms with van der Waals surface area (Å²) < 4.78 is 16.8. The molecule has 2 aromatic carbocycles. The second-order valence-corrected chi connectivity index (χ2v) is 9.87. The number of allylic oxidation sites excluding steroid dienone is 2. The van der Waals surface area contributed by atoms with E-state index in [1.54, 1.807) is 20.1 Å². The highest BCUT2D eigenvalue weighted by atomic mass is 16.6. The number of imide groups is 1. The second kappa shape index (κ2) is 13.9. The van der Waals surface area contributed by atoms with Crippen molar-refractivity contribution in [1.82, 2.24) is 4.90 Å². The van der Waals surface area contributed by atoms with Gasteiger partial charge in [0, 0.05) is 11.8 Å². The van der Waals surface area contributed by atoms with E-state index < -0.39 is 42.1 Å². The molecular weight excluding hydrogens is 482 g/mol. The summed E-state index contributed by atoms with van der Waals surface area (Å²) in [6.45, 7) is 9.73. The van der Waals surface area contributed by atoms with E-state index in [0.717, 1.165) is 16.9 Å². The van der Waals surface area contributed by atoms with Gasteiger partial charge in [0.05, 0.1) is 37.9 Å².